The van der Waals surface area contributed by atoms with Crippen molar-refractivity contribution in [1.82, 2.24) is 10.6 Å². The molecule has 1 amide bonds. The smallest absolute Gasteiger partial charge is 0.224 e. The van der Waals surface area contributed by atoms with Gasteiger partial charge in [-0.1, -0.05) is 28.1 Å². The molecule has 1 aliphatic heterocycles. The molecule has 0 aromatic heterocycles. The van der Waals surface area contributed by atoms with E-state index in [2.05, 4.69) is 26.6 Å². The predicted octanol–water partition coefficient (Wildman–Crippen LogP) is 2.63. The first kappa shape index (κ1) is 13.6. The van der Waals surface area contributed by atoms with Crippen LogP contribution in [0.25, 0.3) is 0 Å². The van der Waals surface area contributed by atoms with E-state index < -0.39 is 0 Å². The van der Waals surface area contributed by atoms with Gasteiger partial charge in [0.2, 0.25) is 5.91 Å². The molecule has 1 aliphatic rings. The molecule has 0 spiro atoms. The van der Waals surface area contributed by atoms with E-state index in [1.165, 1.54) is 0 Å². The number of carbonyl (C=O) groups excluding carboxylic acids is 1. The molecule has 4 heteroatoms. The minimum Gasteiger partial charge on any atom is -0.349 e. The Kier molecular flexibility index (Phi) is 4.78. The number of halogens is 1. The first-order valence-corrected chi connectivity index (χ1v) is 7.22. The molecule has 1 saturated heterocycles. The van der Waals surface area contributed by atoms with Crippen molar-refractivity contribution in [2.24, 2.45) is 5.92 Å². The molecule has 0 bridgehead atoms. The number of piperidine rings is 1. The molecule has 2 N–H and O–H groups in total. The van der Waals surface area contributed by atoms with E-state index in [9.17, 15) is 4.79 Å². The van der Waals surface area contributed by atoms with Gasteiger partial charge in [0.25, 0.3) is 0 Å². The second kappa shape index (κ2) is 6.34. The Bertz CT molecular complexity index is 416. The van der Waals surface area contributed by atoms with Crippen molar-refractivity contribution >= 4 is 21.8 Å². The van der Waals surface area contributed by atoms with Crippen molar-refractivity contribution in [2.45, 2.75) is 25.8 Å². The number of hydrogen-bond donors (Lipinski definition) is 2. The molecule has 1 fully saturated rings. The van der Waals surface area contributed by atoms with Gasteiger partial charge in [-0.3, -0.25) is 4.79 Å². The van der Waals surface area contributed by atoms with E-state index in [-0.39, 0.29) is 17.9 Å². The number of nitrogens with one attached hydrogen (secondary N) is 2. The van der Waals surface area contributed by atoms with Crippen LogP contribution in [-0.4, -0.2) is 19.0 Å². The van der Waals surface area contributed by atoms with E-state index in [0.29, 0.717) is 0 Å². The van der Waals surface area contributed by atoms with Crippen molar-refractivity contribution in [2.75, 3.05) is 13.1 Å². The lowest BCUT2D eigenvalue weighted by Crippen LogP contribution is -2.41. The van der Waals surface area contributed by atoms with Gasteiger partial charge in [-0.25, -0.2) is 0 Å². The Morgan fingerprint density at radius 3 is 3.06 bits per heavy atom. The molecule has 98 valence electrons. The largest absolute Gasteiger partial charge is 0.349 e. The summed E-state index contributed by atoms with van der Waals surface area (Å²) in [7, 11) is 0. The van der Waals surface area contributed by atoms with Crippen LogP contribution in [0, 0.1) is 5.92 Å². The molecular weight excluding hydrogens is 292 g/mol. The van der Waals surface area contributed by atoms with Crippen LogP contribution in [0.5, 0.6) is 0 Å². The Labute approximate surface area is 116 Å². The maximum atomic E-state index is 12.1. The van der Waals surface area contributed by atoms with Gasteiger partial charge < -0.3 is 10.6 Å². The highest BCUT2D eigenvalue weighted by molar-refractivity contribution is 9.10. The maximum Gasteiger partial charge on any atom is 0.224 e. The SMILES string of the molecule is C[C@H](NC(=O)C1CCCNC1)c1cccc(Br)c1. The van der Waals surface area contributed by atoms with Crippen molar-refractivity contribution < 1.29 is 4.79 Å². The number of rotatable bonds is 3. The van der Waals surface area contributed by atoms with Crippen LogP contribution in [0.3, 0.4) is 0 Å². The molecule has 2 rings (SSSR count). The average molecular weight is 311 g/mol. The van der Waals surface area contributed by atoms with Gasteiger partial charge in [0.05, 0.1) is 12.0 Å². The van der Waals surface area contributed by atoms with Gasteiger partial charge in [0, 0.05) is 11.0 Å². The number of hydrogen-bond acceptors (Lipinski definition) is 2. The summed E-state index contributed by atoms with van der Waals surface area (Å²) >= 11 is 3.45. The first-order chi connectivity index (χ1) is 8.66. The van der Waals surface area contributed by atoms with Crippen LogP contribution in [0.1, 0.15) is 31.4 Å². The quantitative estimate of drug-likeness (QED) is 0.901. The third-order valence-corrected chi connectivity index (χ3v) is 3.87. The molecule has 2 atom stereocenters. The Hall–Kier alpha value is -0.870. The molecule has 1 heterocycles. The van der Waals surface area contributed by atoms with E-state index in [1.54, 1.807) is 0 Å². The zero-order valence-corrected chi connectivity index (χ0v) is 12.2. The first-order valence-electron chi connectivity index (χ1n) is 6.43. The van der Waals surface area contributed by atoms with Crippen molar-refractivity contribution in [3.63, 3.8) is 0 Å². The van der Waals surface area contributed by atoms with Crippen molar-refractivity contribution in [3.05, 3.63) is 34.3 Å². The third-order valence-electron chi connectivity index (χ3n) is 3.38. The summed E-state index contributed by atoms with van der Waals surface area (Å²) in [5.41, 5.74) is 1.13. The molecular formula is C14H19BrN2O. The van der Waals surface area contributed by atoms with Crippen LogP contribution in [0.2, 0.25) is 0 Å². The van der Waals surface area contributed by atoms with E-state index in [1.807, 2.05) is 31.2 Å². The highest BCUT2D eigenvalue weighted by Gasteiger charge is 2.22. The van der Waals surface area contributed by atoms with E-state index >= 15 is 0 Å². The normalized spacial score (nSPS) is 21.3. The van der Waals surface area contributed by atoms with Crippen LogP contribution in [-0.2, 0) is 4.79 Å². The predicted molar refractivity (Wildman–Crippen MR) is 76.3 cm³/mol. The monoisotopic (exact) mass is 310 g/mol. The van der Waals surface area contributed by atoms with Crippen LogP contribution >= 0.6 is 15.9 Å². The standard InChI is InChI=1S/C14H19BrN2O/c1-10(11-4-2-6-13(15)8-11)17-14(18)12-5-3-7-16-9-12/h2,4,6,8,10,12,16H,3,5,7,9H2,1H3,(H,17,18)/t10-,12?/m0/s1. The number of benzene rings is 1. The van der Waals surface area contributed by atoms with E-state index in [4.69, 9.17) is 0 Å². The third kappa shape index (κ3) is 3.56. The van der Waals surface area contributed by atoms with Crippen LogP contribution in [0.4, 0.5) is 0 Å². The number of carbonyl (C=O) groups is 1. The topological polar surface area (TPSA) is 41.1 Å². The van der Waals surface area contributed by atoms with Gasteiger partial charge in [-0.15, -0.1) is 0 Å². The Morgan fingerprint density at radius 1 is 1.56 bits per heavy atom. The van der Waals surface area contributed by atoms with Crippen molar-refractivity contribution in [3.8, 4) is 0 Å². The average Bonchev–Trinajstić information content (AvgIpc) is 2.39. The van der Waals surface area contributed by atoms with Gasteiger partial charge in [-0.05, 0) is 44.0 Å². The fourth-order valence-electron chi connectivity index (χ4n) is 2.27. The summed E-state index contributed by atoms with van der Waals surface area (Å²) in [6.07, 6.45) is 2.08. The molecule has 0 radical (unpaired) electrons. The molecule has 1 aromatic carbocycles. The summed E-state index contributed by atoms with van der Waals surface area (Å²) in [5, 5.41) is 6.36. The summed E-state index contributed by atoms with van der Waals surface area (Å²) < 4.78 is 1.04. The van der Waals surface area contributed by atoms with Crippen LogP contribution < -0.4 is 10.6 Å². The second-order valence-corrected chi connectivity index (χ2v) is 5.74. The lowest BCUT2D eigenvalue weighted by Gasteiger charge is -2.24. The van der Waals surface area contributed by atoms with Gasteiger partial charge in [0.15, 0.2) is 0 Å². The molecule has 1 aromatic rings. The molecule has 1 unspecified atom stereocenters. The summed E-state index contributed by atoms with van der Waals surface area (Å²) in [6, 6.07) is 8.11. The van der Waals surface area contributed by atoms with Gasteiger partial charge in [-0.2, -0.15) is 0 Å². The fourth-order valence-corrected chi connectivity index (χ4v) is 2.68. The minimum atomic E-state index is 0.0527. The van der Waals surface area contributed by atoms with Crippen LogP contribution in [0.15, 0.2) is 28.7 Å². The summed E-state index contributed by atoms with van der Waals surface area (Å²) in [4.78, 5) is 12.1. The lowest BCUT2D eigenvalue weighted by molar-refractivity contribution is -0.126. The highest BCUT2D eigenvalue weighted by Crippen LogP contribution is 2.19. The maximum absolute atomic E-state index is 12.1. The molecule has 3 nitrogen and oxygen atoms in total. The zero-order chi connectivity index (χ0) is 13.0. The summed E-state index contributed by atoms with van der Waals surface area (Å²) in [5.74, 6) is 0.281. The molecule has 0 saturated carbocycles. The number of amides is 1. The Balaban J connectivity index is 1.94. The van der Waals surface area contributed by atoms with E-state index in [0.717, 1.165) is 36.0 Å². The molecule has 18 heavy (non-hydrogen) atoms. The summed E-state index contributed by atoms with van der Waals surface area (Å²) in [6.45, 7) is 3.86. The fraction of sp³-hybridized carbons (Fsp3) is 0.500. The zero-order valence-electron chi connectivity index (χ0n) is 10.6. The van der Waals surface area contributed by atoms with Gasteiger partial charge in [0.1, 0.15) is 0 Å². The minimum absolute atomic E-state index is 0.0527. The Morgan fingerprint density at radius 2 is 2.39 bits per heavy atom. The lowest BCUT2D eigenvalue weighted by atomic mass is 9.98. The highest BCUT2D eigenvalue weighted by atomic mass is 79.9. The second-order valence-electron chi connectivity index (χ2n) is 4.83. The van der Waals surface area contributed by atoms with Gasteiger partial charge >= 0.3 is 0 Å². The molecule has 0 aliphatic carbocycles. The van der Waals surface area contributed by atoms with Crippen molar-refractivity contribution in [1.29, 1.82) is 0 Å².